The fraction of sp³-hybridized carbons (Fsp3) is 0.533. The number of hydrogen-bond donors (Lipinski definition) is 1. The molecule has 1 aromatic carbocycles. The highest BCUT2D eigenvalue weighted by molar-refractivity contribution is 5.70. The van der Waals surface area contributed by atoms with Crippen LogP contribution in [0.1, 0.15) is 18.4 Å². The third kappa shape index (κ3) is 4.56. The SMILES string of the molecule is CN1CCCC(COc2ccc(CC(=O)O)cc2)C1. The normalized spacial score (nSPS) is 20.2. The number of likely N-dealkylation sites (tertiary alicyclic amines) is 1. The Labute approximate surface area is 114 Å². The molecule has 1 heterocycles. The molecule has 1 aromatic rings. The van der Waals surface area contributed by atoms with Gasteiger partial charge in [0.15, 0.2) is 0 Å². The molecule has 4 heteroatoms. The zero-order chi connectivity index (χ0) is 13.7. The maximum absolute atomic E-state index is 10.6. The van der Waals surface area contributed by atoms with Gasteiger partial charge in [0.05, 0.1) is 13.0 Å². The summed E-state index contributed by atoms with van der Waals surface area (Å²) in [6.07, 6.45) is 2.53. The molecule has 4 nitrogen and oxygen atoms in total. The first-order chi connectivity index (χ1) is 9.13. The van der Waals surface area contributed by atoms with E-state index in [4.69, 9.17) is 9.84 Å². The first kappa shape index (κ1) is 13.9. The standard InChI is InChI=1S/C15H21NO3/c1-16-8-2-3-13(10-16)11-19-14-6-4-12(5-7-14)9-15(17)18/h4-7,13H,2-3,8-11H2,1H3,(H,17,18). The fourth-order valence-corrected chi connectivity index (χ4v) is 2.50. The minimum atomic E-state index is -0.807. The molecule has 1 aliphatic heterocycles. The van der Waals surface area contributed by atoms with Gasteiger partial charge in [-0.2, -0.15) is 0 Å². The van der Waals surface area contributed by atoms with E-state index >= 15 is 0 Å². The van der Waals surface area contributed by atoms with Crippen LogP contribution < -0.4 is 4.74 Å². The molecule has 1 saturated heterocycles. The van der Waals surface area contributed by atoms with Crippen molar-refractivity contribution in [2.75, 3.05) is 26.7 Å². The van der Waals surface area contributed by atoms with E-state index < -0.39 is 5.97 Å². The van der Waals surface area contributed by atoms with Crippen LogP contribution in [0.2, 0.25) is 0 Å². The number of carbonyl (C=O) groups is 1. The Morgan fingerprint density at radius 1 is 1.42 bits per heavy atom. The third-order valence-corrected chi connectivity index (χ3v) is 3.49. The minimum absolute atomic E-state index is 0.0632. The number of rotatable bonds is 5. The predicted molar refractivity (Wildman–Crippen MR) is 73.5 cm³/mol. The zero-order valence-electron chi connectivity index (χ0n) is 11.3. The van der Waals surface area contributed by atoms with E-state index in [-0.39, 0.29) is 6.42 Å². The minimum Gasteiger partial charge on any atom is -0.493 e. The Kier molecular flexibility index (Phi) is 4.80. The van der Waals surface area contributed by atoms with E-state index in [2.05, 4.69) is 11.9 Å². The number of carboxylic acid groups (broad SMARTS) is 1. The summed E-state index contributed by atoms with van der Waals surface area (Å²) in [5.74, 6) is 0.610. The second-order valence-electron chi connectivity index (χ2n) is 5.30. The van der Waals surface area contributed by atoms with Crippen LogP contribution in [0.25, 0.3) is 0 Å². The molecule has 1 unspecified atom stereocenters. The van der Waals surface area contributed by atoms with Crippen molar-refractivity contribution in [1.29, 1.82) is 0 Å². The van der Waals surface area contributed by atoms with Crippen molar-refractivity contribution in [2.45, 2.75) is 19.3 Å². The molecular weight excluding hydrogens is 242 g/mol. The lowest BCUT2D eigenvalue weighted by molar-refractivity contribution is -0.136. The molecular formula is C15H21NO3. The smallest absolute Gasteiger partial charge is 0.307 e. The number of nitrogens with zero attached hydrogens (tertiary/aromatic N) is 1. The summed E-state index contributed by atoms with van der Waals surface area (Å²) >= 11 is 0. The van der Waals surface area contributed by atoms with Gasteiger partial charge < -0.3 is 14.7 Å². The van der Waals surface area contributed by atoms with Gasteiger partial charge in [-0.05, 0) is 44.1 Å². The van der Waals surface area contributed by atoms with E-state index in [0.717, 1.165) is 24.5 Å². The Morgan fingerprint density at radius 2 is 2.16 bits per heavy atom. The lowest BCUT2D eigenvalue weighted by atomic mass is 9.99. The number of aliphatic carboxylic acids is 1. The van der Waals surface area contributed by atoms with Crippen LogP contribution in [0.15, 0.2) is 24.3 Å². The van der Waals surface area contributed by atoms with Gasteiger partial charge in [0, 0.05) is 12.5 Å². The van der Waals surface area contributed by atoms with E-state index in [1.807, 2.05) is 24.3 Å². The molecule has 1 atom stereocenters. The van der Waals surface area contributed by atoms with Crippen molar-refractivity contribution in [1.82, 2.24) is 4.90 Å². The topological polar surface area (TPSA) is 49.8 Å². The molecule has 2 rings (SSSR count). The molecule has 0 saturated carbocycles. The molecule has 1 N–H and O–H groups in total. The monoisotopic (exact) mass is 263 g/mol. The Balaban J connectivity index is 1.81. The largest absolute Gasteiger partial charge is 0.493 e. The average molecular weight is 263 g/mol. The van der Waals surface area contributed by atoms with Gasteiger partial charge in [0.25, 0.3) is 0 Å². The quantitative estimate of drug-likeness (QED) is 0.883. The predicted octanol–water partition coefficient (Wildman–Crippen LogP) is 2.03. The van der Waals surface area contributed by atoms with Crippen molar-refractivity contribution >= 4 is 5.97 Å². The molecule has 1 fully saturated rings. The van der Waals surface area contributed by atoms with Gasteiger partial charge in [-0.15, -0.1) is 0 Å². The van der Waals surface area contributed by atoms with Gasteiger partial charge in [0.2, 0.25) is 0 Å². The van der Waals surface area contributed by atoms with Crippen LogP contribution in [-0.2, 0) is 11.2 Å². The highest BCUT2D eigenvalue weighted by Crippen LogP contribution is 2.18. The van der Waals surface area contributed by atoms with Gasteiger partial charge in [0.1, 0.15) is 5.75 Å². The maximum atomic E-state index is 10.6. The second kappa shape index (κ2) is 6.57. The van der Waals surface area contributed by atoms with Crippen LogP contribution in [0.5, 0.6) is 5.75 Å². The Morgan fingerprint density at radius 3 is 2.79 bits per heavy atom. The molecule has 1 aliphatic rings. The average Bonchev–Trinajstić information content (AvgIpc) is 2.37. The van der Waals surface area contributed by atoms with Crippen molar-refractivity contribution in [3.8, 4) is 5.75 Å². The number of piperidine rings is 1. The number of carboxylic acids is 1. The zero-order valence-corrected chi connectivity index (χ0v) is 11.3. The van der Waals surface area contributed by atoms with Crippen molar-refractivity contribution in [3.63, 3.8) is 0 Å². The summed E-state index contributed by atoms with van der Waals surface area (Å²) in [5.41, 5.74) is 0.803. The van der Waals surface area contributed by atoms with Crippen LogP contribution >= 0.6 is 0 Å². The second-order valence-corrected chi connectivity index (χ2v) is 5.30. The summed E-state index contributed by atoms with van der Waals surface area (Å²) in [7, 11) is 2.15. The van der Waals surface area contributed by atoms with E-state index in [0.29, 0.717) is 5.92 Å². The third-order valence-electron chi connectivity index (χ3n) is 3.49. The first-order valence-corrected chi connectivity index (χ1v) is 6.75. The fourth-order valence-electron chi connectivity index (χ4n) is 2.50. The molecule has 19 heavy (non-hydrogen) atoms. The number of hydrogen-bond acceptors (Lipinski definition) is 3. The lowest BCUT2D eigenvalue weighted by Crippen LogP contribution is -2.34. The molecule has 104 valence electrons. The molecule has 0 bridgehead atoms. The summed E-state index contributed by atoms with van der Waals surface area (Å²) in [4.78, 5) is 12.9. The first-order valence-electron chi connectivity index (χ1n) is 6.75. The summed E-state index contributed by atoms with van der Waals surface area (Å²) in [6, 6.07) is 7.34. The van der Waals surface area contributed by atoms with Gasteiger partial charge >= 0.3 is 5.97 Å². The molecule has 0 aliphatic carbocycles. The number of ether oxygens (including phenoxy) is 1. The highest BCUT2D eigenvalue weighted by atomic mass is 16.5. The van der Waals surface area contributed by atoms with Crippen LogP contribution in [-0.4, -0.2) is 42.7 Å². The highest BCUT2D eigenvalue weighted by Gasteiger charge is 2.17. The molecule has 0 aromatic heterocycles. The van der Waals surface area contributed by atoms with Crippen molar-refractivity contribution < 1.29 is 14.6 Å². The van der Waals surface area contributed by atoms with Crippen LogP contribution in [0, 0.1) is 5.92 Å². The van der Waals surface area contributed by atoms with Crippen LogP contribution in [0.4, 0.5) is 0 Å². The van der Waals surface area contributed by atoms with E-state index in [1.54, 1.807) is 0 Å². The lowest BCUT2D eigenvalue weighted by Gasteiger charge is -2.29. The van der Waals surface area contributed by atoms with E-state index in [9.17, 15) is 4.79 Å². The molecule has 0 radical (unpaired) electrons. The maximum Gasteiger partial charge on any atom is 0.307 e. The van der Waals surface area contributed by atoms with Gasteiger partial charge in [-0.3, -0.25) is 4.79 Å². The van der Waals surface area contributed by atoms with Crippen LogP contribution in [0.3, 0.4) is 0 Å². The summed E-state index contributed by atoms with van der Waals surface area (Å²) < 4.78 is 5.78. The molecule has 0 spiro atoms. The van der Waals surface area contributed by atoms with Gasteiger partial charge in [-0.25, -0.2) is 0 Å². The summed E-state index contributed by atoms with van der Waals surface area (Å²) in [5, 5.41) is 8.70. The molecule has 0 amide bonds. The Bertz CT molecular complexity index is 416. The van der Waals surface area contributed by atoms with E-state index in [1.165, 1.54) is 19.4 Å². The summed E-state index contributed by atoms with van der Waals surface area (Å²) in [6.45, 7) is 3.01. The number of benzene rings is 1. The van der Waals surface area contributed by atoms with Gasteiger partial charge in [-0.1, -0.05) is 12.1 Å². The van der Waals surface area contributed by atoms with Crippen molar-refractivity contribution in [3.05, 3.63) is 29.8 Å². The van der Waals surface area contributed by atoms with Crippen molar-refractivity contribution in [2.24, 2.45) is 5.92 Å². The Hall–Kier alpha value is -1.55.